The smallest absolute Gasteiger partial charge is 0.258 e. The molecule has 0 saturated heterocycles. The van der Waals surface area contributed by atoms with Gasteiger partial charge in [0.1, 0.15) is 17.0 Å². The van der Waals surface area contributed by atoms with Crippen molar-refractivity contribution in [1.82, 2.24) is 20.2 Å². The number of tetrazole rings is 1. The van der Waals surface area contributed by atoms with Gasteiger partial charge in [0.15, 0.2) is 0 Å². The Labute approximate surface area is 98.7 Å². The fourth-order valence-electron chi connectivity index (χ4n) is 1.16. The first-order chi connectivity index (χ1) is 7.61. The van der Waals surface area contributed by atoms with Gasteiger partial charge in [-0.1, -0.05) is 23.2 Å². The van der Waals surface area contributed by atoms with Gasteiger partial charge in [0.25, 0.3) is 0 Å². The number of aromatic nitrogens is 4. The van der Waals surface area contributed by atoms with E-state index >= 15 is 0 Å². The molecule has 1 heterocycles. The highest BCUT2D eigenvalue weighted by atomic mass is 35.5. The van der Waals surface area contributed by atoms with Crippen LogP contribution in [0, 0.1) is 10.1 Å². The molecule has 0 atom stereocenters. The fourth-order valence-corrected chi connectivity index (χ4v) is 1.54. The van der Waals surface area contributed by atoms with Crippen molar-refractivity contribution in [2.24, 2.45) is 0 Å². The Kier molecular flexibility index (Phi) is 2.71. The Morgan fingerprint density at radius 3 is 2.69 bits per heavy atom. The van der Waals surface area contributed by atoms with Crippen molar-refractivity contribution in [2.45, 2.75) is 0 Å². The van der Waals surface area contributed by atoms with Crippen LogP contribution in [0.2, 0.25) is 10.0 Å². The van der Waals surface area contributed by atoms with Crippen molar-refractivity contribution < 1.29 is 4.92 Å². The molecular weight excluding hydrogens is 257 g/mol. The van der Waals surface area contributed by atoms with E-state index in [4.69, 9.17) is 23.2 Å². The van der Waals surface area contributed by atoms with Gasteiger partial charge in [-0.05, 0) is 22.6 Å². The first-order valence-corrected chi connectivity index (χ1v) is 4.72. The second-order valence-corrected chi connectivity index (χ2v) is 3.53. The maximum Gasteiger partial charge on any atom is 0.314 e. The van der Waals surface area contributed by atoms with E-state index in [0.717, 1.165) is 4.68 Å². The minimum Gasteiger partial charge on any atom is -0.258 e. The third-order valence-corrected chi connectivity index (χ3v) is 2.62. The zero-order chi connectivity index (χ0) is 11.7. The summed E-state index contributed by atoms with van der Waals surface area (Å²) in [5.41, 5.74) is -0.175. The molecule has 0 unspecified atom stereocenters. The second-order valence-electron chi connectivity index (χ2n) is 2.74. The molecule has 1 aromatic carbocycles. The predicted octanol–water partition coefficient (Wildman–Crippen LogP) is 1.88. The molecule has 2 rings (SSSR count). The highest BCUT2D eigenvalue weighted by molar-refractivity contribution is 6.43. The van der Waals surface area contributed by atoms with Crippen molar-refractivity contribution >= 4 is 28.9 Å². The van der Waals surface area contributed by atoms with Crippen LogP contribution in [0.3, 0.4) is 0 Å². The predicted molar refractivity (Wildman–Crippen MR) is 55.8 cm³/mol. The van der Waals surface area contributed by atoms with E-state index in [1.54, 1.807) is 0 Å². The largest absolute Gasteiger partial charge is 0.314 e. The maximum atomic E-state index is 10.9. The summed E-state index contributed by atoms with van der Waals surface area (Å²) >= 11 is 11.4. The quantitative estimate of drug-likeness (QED) is 0.607. The zero-order valence-electron chi connectivity index (χ0n) is 7.54. The topological polar surface area (TPSA) is 86.7 Å². The lowest BCUT2D eigenvalue weighted by Crippen LogP contribution is -2.01. The number of halogens is 2. The van der Waals surface area contributed by atoms with E-state index in [0.29, 0.717) is 0 Å². The molecule has 16 heavy (non-hydrogen) atoms. The molecular formula is C7H3Cl2N5O2. The average Bonchev–Trinajstić information content (AvgIpc) is 2.74. The van der Waals surface area contributed by atoms with Gasteiger partial charge in [0.2, 0.25) is 0 Å². The summed E-state index contributed by atoms with van der Waals surface area (Å²) in [6.07, 6.45) is 1.23. The van der Waals surface area contributed by atoms with E-state index in [2.05, 4.69) is 15.5 Å². The number of rotatable bonds is 2. The highest BCUT2D eigenvalue weighted by Crippen LogP contribution is 2.36. The number of nitro benzene ring substituents is 1. The van der Waals surface area contributed by atoms with Gasteiger partial charge in [-0.15, -0.1) is 5.10 Å². The number of nitrogens with zero attached hydrogens (tertiary/aromatic N) is 5. The molecule has 9 heteroatoms. The number of benzene rings is 1. The van der Waals surface area contributed by atoms with Crippen molar-refractivity contribution in [3.05, 3.63) is 38.6 Å². The molecule has 0 fully saturated rings. The number of hydrogen-bond donors (Lipinski definition) is 0. The first kappa shape index (κ1) is 10.8. The van der Waals surface area contributed by atoms with E-state index in [9.17, 15) is 10.1 Å². The Morgan fingerprint density at radius 1 is 1.38 bits per heavy atom. The summed E-state index contributed by atoms with van der Waals surface area (Å²) in [5, 5.41) is 21.2. The molecule has 0 N–H and O–H groups in total. The molecule has 7 nitrogen and oxygen atoms in total. The molecule has 0 bridgehead atoms. The summed E-state index contributed by atoms with van der Waals surface area (Å²) in [5.74, 6) is 0. The van der Waals surface area contributed by atoms with Gasteiger partial charge in [-0.25, -0.2) is 0 Å². The van der Waals surface area contributed by atoms with Crippen molar-refractivity contribution in [2.75, 3.05) is 0 Å². The zero-order valence-corrected chi connectivity index (χ0v) is 9.05. The lowest BCUT2D eigenvalue weighted by molar-refractivity contribution is -0.384. The van der Waals surface area contributed by atoms with Crippen LogP contribution in [0.1, 0.15) is 0 Å². The summed E-state index contributed by atoms with van der Waals surface area (Å²) in [4.78, 5) is 10.2. The van der Waals surface area contributed by atoms with E-state index in [-0.39, 0.29) is 21.4 Å². The molecule has 0 aliphatic rings. The monoisotopic (exact) mass is 259 g/mol. The van der Waals surface area contributed by atoms with Gasteiger partial charge in [0, 0.05) is 0 Å². The van der Waals surface area contributed by atoms with Crippen LogP contribution in [-0.4, -0.2) is 25.1 Å². The first-order valence-electron chi connectivity index (χ1n) is 3.97. The van der Waals surface area contributed by atoms with Crippen molar-refractivity contribution in [3.8, 4) is 5.69 Å². The Balaban J connectivity index is 2.71. The Morgan fingerprint density at radius 2 is 2.12 bits per heavy atom. The summed E-state index contributed by atoms with van der Waals surface area (Å²) in [6.45, 7) is 0. The standard InChI is InChI=1S/C7H3Cl2N5O2/c8-4-1-2-5(13-3-10-11-12-13)7(6(4)9)14(15)16/h1-3H. The Hall–Kier alpha value is -1.73. The average molecular weight is 260 g/mol. The van der Waals surface area contributed by atoms with Gasteiger partial charge in [-0.3, -0.25) is 10.1 Å². The molecule has 82 valence electrons. The molecule has 0 saturated carbocycles. The molecule has 0 radical (unpaired) electrons. The minimum absolute atomic E-state index is 0.102. The molecule has 2 aromatic rings. The third-order valence-electron chi connectivity index (χ3n) is 1.83. The van der Waals surface area contributed by atoms with Gasteiger partial charge in [0.05, 0.1) is 9.95 Å². The van der Waals surface area contributed by atoms with Crippen LogP contribution in [0.4, 0.5) is 5.69 Å². The second kappa shape index (κ2) is 4.03. The fraction of sp³-hybridized carbons (Fsp3) is 0. The van der Waals surface area contributed by atoms with Crippen LogP contribution in [-0.2, 0) is 0 Å². The van der Waals surface area contributed by atoms with Crippen LogP contribution in [0.15, 0.2) is 18.5 Å². The molecule has 1 aromatic heterocycles. The molecule has 0 aliphatic carbocycles. The molecule has 0 aliphatic heterocycles. The number of hydrogen-bond acceptors (Lipinski definition) is 5. The van der Waals surface area contributed by atoms with Crippen LogP contribution < -0.4 is 0 Å². The Bertz CT molecular complexity index is 542. The third kappa shape index (κ3) is 1.70. The summed E-state index contributed by atoms with van der Waals surface area (Å²) in [7, 11) is 0. The molecule has 0 spiro atoms. The van der Waals surface area contributed by atoms with Crippen LogP contribution in [0.5, 0.6) is 0 Å². The lowest BCUT2D eigenvalue weighted by Gasteiger charge is -2.03. The van der Waals surface area contributed by atoms with E-state index in [1.807, 2.05) is 0 Å². The van der Waals surface area contributed by atoms with Crippen LogP contribution >= 0.6 is 23.2 Å². The van der Waals surface area contributed by atoms with Crippen LogP contribution in [0.25, 0.3) is 5.69 Å². The summed E-state index contributed by atoms with van der Waals surface area (Å²) in [6, 6.07) is 2.86. The van der Waals surface area contributed by atoms with Crippen molar-refractivity contribution in [3.63, 3.8) is 0 Å². The minimum atomic E-state index is -0.634. The maximum absolute atomic E-state index is 10.9. The summed E-state index contributed by atoms with van der Waals surface area (Å²) < 4.78 is 1.14. The van der Waals surface area contributed by atoms with Crippen molar-refractivity contribution in [1.29, 1.82) is 0 Å². The van der Waals surface area contributed by atoms with E-state index in [1.165, 1.54) is 18.5 Å². The van der Waals surface area contributed by atoms with E-state index < -0.39 is 4.92 Å². The molecule has 0 amide bonds. The lowest BCUT2D eigenvalue weighted by atomic mass is 10.2. The van der Waals surface area contributed by atoms with Gasteiger partial charge >= 0.3 is 5.69 Å². The number of nitro groups is 1. The SMILES string of the molecule is O=[N+]([O-])c1c(-n2cnnn2)ccc(Cl)c1Cl. The highest BCUT2D eigenvalue weighted by Gasteiger charge is 2.23. The van der Waals surface area contributed by atoms with Gasteiger partial charge < -0.3 is 0 Å². The van der Waals surface area contributed by atoms with Gasteiger partial charge in [-0.2, -0.15) is 4.68 Å². The normalized spacial score (nSPS) is 10.4.